The fraction of sp³-hybridized carbons (Fsp3) is 0.900. The highest BCUT2D eigenvalue weighted by Crippen LogP contribution is 2.33. The molecule has 13 heavy (non-hydrogen) atoms. The zero-order valence-corrected chi connectivity index (χ0v) is 8.07. The molecular formula is C10H17NO2. The Morgan fingerprint density at radius 2 is 2.08 bits per heavy atom. The van der Waals surface area contributed by atoms with Crippen LogP contribution in [0.3, 0.4) is 0 Å². The molecule has 0 spiro atoms. The summed E-state index contributed by atoms with van der Waals surface area (Å²) in [4.78, 5) is 13.2. The van der Waals surface area contributed by atoms with Crippen LogP contribution >= 0.6 is 0 Å². The lowest BCUT2D eigenvalue weighted by molar-refractivity contribution is -0.141. The zero-order valence-electron chi connectivity index (χ0n) is 8.07. The fourth-order valence-corrected chi connectivity index (χ4v) is 2.56. The number of rotatable bonds is 2. The number of nitrogens with zero attached hydrogens (tertiary/aromatic N) is 1. The molecule has 1 aliphatic heterocycles. The quantitative estimate of drug-likeness (QED) is 0.699. The van der Waals surface area contributed by atoms with Gasteiger partial charge in [0.1, 0.15) is 0 Å². The summed E-state index contributed by atoms with van der Waals surface area (Å²) in [6, 6.07) is 0.567. The molecule has 2 fully saturated rings. The second-order valence-electron chi connectivity index (χ2n) is 4.56. The lowest BCUT2D eigenvalue weighted by atomic mass is 9.98. The van der Waals surface area contributed by atoms with Crippen LogP contribution in [0.15, 0.2) is 0 Å². The Kier molecular flexibility index (Phi) is 2.28. The van der Waals surface area contributed by atoms with Crippen LogP contribution < -0.4 is 0 Å². The molecule has 1 N–H and O–H groups in total. The molecule has 1 saturated heterocycles. The van der Waals surface area contributed by atoms with Crippen LogP contribution in [-0.4, -0.2) is 35.1 Å². The predicted octanol–water partition coefficient (Wildman–Crippen LogP) is 1.19. The number of hydrogen-bond donors (Lipinski definition) is 1. The third-order valence-electron chi connectivity index (χ3n) is 3.36. The van der Waals surface area contributed by atoms with Crippen molar-refractivity contribution in [2.24, 2.45) is 11.8 Å². The first-order valence-corrected chi connectivity index (χ1v) is 5.13. The normalized spacial score (nSPS) is 36.1. The monoisotopic (exact) mass is 183 g/mol. The summed E-state index contributed by atoms with van der Waals surface area (Å²) in [7, 11) is 0. The molecule has 3 heteroatoms. The van der Waals surface area contributed by atoms with E-state index < -0.39 is 5.97 Å². The predicted molar refractivity (Wildman–Crippen MR) is 49.5 cm³/mol. The van der Waals surface area contributed by atoms with E-state index in [-0.39, 0.29) is 5.92 Å². The summed E-state index contributed by atoms with van der Waals surface area (Å²) in [6.45, 7) is 4.61. The van der Waals surface area contributed by atoms with E-state index in [0.29, 0.717) is 6.04 Å². The van der Waals surface area contributed by atoms with Gasteiger partial charge in [-0.1, -0.05) is 6.92 Å². The lowest BCUT2D eigenvalue weighted by Gasteiger charge is -2.41. The second-order valence-corrected chi connectivity index (χ2v) is 4.56. The second kappa shape index (κ2) is 3.29. The highest BCUT2D eigenvalue weighted by molar-refractivity contribution is 5.70. The van der Waals surface area contributed by atoms with Crippen LogP contribution in [-0.2, 0) is 4.79 Å². The number of carbonyl (C=O) groups is 1. The van der Waals surface area contributed by atoms with Gasteiger partial charge in [0.05, 0.1) is 5.92 Å². The Morgan fingerprint density at radius 1 is 1.38 bits per heavy atom. The molecule has 1 heterocycles. The van der Waals surface area contributed by atoms with Crippen LogP contribution in [0.25, 0.3) is 0 Å². The van der Waals surface area contributed by atoms with Gasteiger partial charge in [-0.25, -0.2) is 0 Å². The van der Waals surface area contributed by atoms with Crippen molar-refractivity contribution in [2.45, 2.75) is 32.2 Å². The van der Waals surface area contributed by atoms with Crippen molar-refractivity contribution in [3.63, 3.8) is 0 Å². The first-order valence-electron chi connectivity index (χ1n) is 5.13. The van der Waals surface area contributed by atoms with Crippen molar-refractivity contribution in [1.82, 2.24) is 4.90 Å². The Labute approximate surface area is 78.7 Å². The van der Waals surface area contributed by atoms with Gasteiger partial charge in [-0.05, 0) is 25.2 Å². The number of likely N-dealkylation sites (tertiary alicyclic amines) is 1. The summed E-state index contributed by atoms with van der Waals surface area (Å²) in [5.41, 5.74) is 0. The van der Waals surface area contributed by atoms with Crippen molar-refractivity contribution < 1.29 is 9.90 Å². The molecule has 0 bridgehead atoms. The summed E-state index contributed by atoms with van der Waals surface area (Å²) in [5, 5.41) is 8.84. The highest BCUT2D eigenvalue weighted by atomic mass is 16.4. The lowest BCUT2D eigenvalue weighted by Crippen LogP contribution is -2.50. The molecule has 2 rings (SSSR count). The number of carboxylic acids is 1. The van der Waals surface area contributed by atoms with E-state index in [4.69, 9.17) is 5.11 Å². The van der Waals surface area contributed by atoms with Crippen molar-refractivity contribution in [3.05, 3.63) is 0 Å². The highest BCUT2D eigenvalue weighted by Gasteiger charge is 2.37. The number of aliphatic carboxylic acids is 1. The molecule has 0 aromatic carbocycles. The van der Waals surface area contributed by atoms with Crippen molar-refractivity contribution in [2.75, 3.05) is 13.1 Å². The van der Waals surface area contributed by atoms with Gasteiger partial charge in [0.25, 0.3) is 0 Å². The van der Waals surface area contributed by atoms with Crippen LogP contribution in [0.2, 0.25) is 0 Å². The molecule has 2 unspecified atom stereocenters. The first-order chi connectivity index (χ1) is 6.16. The van der Waals surface area contributed by atoms with Crippen molar-refractivity contribution in [1.29, 1.82) is 0 Å². The molecule has 1 saturated carbocycles. The molecule has 2 aliphatic rings. The summed E-state index contributed by atoms with van der Waals surface area (Å²) in [6.07, 6.45) is 2.84. The molecule has 3 nitrogen and oxygen atoms in total. The Hall–Kier alpha value is -0.570. The fourth-order valence-electron chi connectivity index (χ4n) is 2.56. The van der Waals surface area contributed by atoms with Gasteiger partial charge < -0.3 is 5.11 Å². The molecule has 2 atom stereocenters. The largest absolute Gasteiger partial charge is 0.481 e. The van der Waals surface area contributed by atoms with Crippen LogP contribution in [0.5, 0.6) is 0 Å². The van der Waals surface area contributed by atoms with Crippen molar-refractivity contribution in [3.8, 4) is 0 Å². The first kappa shape index (κ1) is 9.00. The molecule has 0 aromatic heterocycles. The summed E-state index contributed by atoms with van der Waals surface area (Å²) < 4.78 is 0. The minimum atomic E-state index is -0.601. The maximum absolute atomic E-state index is 10.7. The van der Waals surface area contributed by atoms with Crippen molar-refractivity contribution >= 4 is 5.97 Å². The molecular weight excluding hydrogens is 166 g/mol. The van der Waals surface area contributed by atoms with Gasteiger partial charge in [0.2, 0.25) is 0 Å². The van der Waals surface area contributed by atoms with Crippen LogP contribution in [0.4, 0.5) is 0 Å². The standard InChI is InChI=1S/C10H17NO2/c1-7-5-11(6-7)9-3-2-8(4-9)10(12)13/h7-9H,2-6H2,1H3,(H,12,13). The molecule has 1 aliphatic carbocycles. The Balaban J connectivity index is 1.81. The number of hydrogen-bond acceptors (Lipinski definition) is 2. The van der Waals surface area contributed by atoms with E-state index in [1.165, 1.54) is 13.1 Å². The van der Waals surface area contributed by atoms with Gasteiger partial charge in [0.15, 0.2) is 0 Å². The zero-order chi connectivity index (χ0) is 9.42. The van der Waals surface area contributed by atoms with Gasteiger partial charge in [-0.2, -0.15) is 0 Å². The topological polar surface area (TPSA) is 40.5 Å². The third kappa shape index (κ3) is 1.70. The Bertz CT molecular complexity index is 211. The molecule has 0 radical (unpaired) electrons. The SMILES string of the molecule is CC1CN(C2CCC(C(=O)O)C2)C1. The molecule has 0 aromatic rings. The number of carboxylic acid groups (broad SMARTS) is 1. The van der Waals surface area contributed by atoms with Crippen LogP contribution in [0.1, 0.15) is 26.2 Å². The van der Waals surface area contributed by atoms with E-state index in [0.717, 1.165) is 25.2 Å². The van der Waals surface area contributed by atoms with Gasteiger partial charge in [-0.3, -0.25) is 9.69 Å². The summed E-state index contributed by atoms with van der Waals surface area (Å²) >= 11 is 0. The van der Waals surface area contributed by atoms with E-state index >= 15 is 0 Å². The molecule has 0 amide bonds. The van der Waals surface area contributed by atoms with Gasteiger partial charge >= 0.3 is 5.97 Å². The van der Waals surface area contributed by atoms with E-state index in [9.17, 15) is 4.79 Å². The van der Waals surface area contributed by atoms with Gasteiger partial charge in [0, 0.05) is 19.1 Å². The van der Waals surface area contributed by atoms with E-state index in [1.807, 2.05) is 0 Å². The minimum absolute atomic E-state index is 0.0686. The Morgan fingerprint density at radius 3 is 2.54 bits per heavy atom. The van der Waals surface area contributed by atoms with Gasteiger partial charge in [-0.15, -0.1) is 0 Å². The van der Waals surface area contributed by atoms with E-state index in [1.54, 1.807) is 0 Å². The minimum Gasteiger partial charge on any atom is -0.481 e. The average Bonchev–Trinajstić information content (AvgIpc) is 2.46. The van der Waals surface area contributed by atoms with Crippen LogP contribution in [0, 0.1) is 11.8 Å². The molecule has 74 valence electrons. The average molecular weight is 183 g/mol. The maximum Gasteiger partial charge on any atom is 0.306 e. The maximum atomic E-state index is 10.7. The summed E-state index contributed by atoms with van der Waals surface area (Å²) in [5.74, 6) is 0.154. The smallest absolute Gasteiger partial charge is 0.306 e. The van der Waals surface area contributed by atoms with E-state index in [2.05, 4.69) is 11.8 Å². The third-order valence-corrected chi connectivity index (χ3v) is 3.36.